The lowest BCUT2D eigenvalue weighted by Gasteiger charge is -2.19. The van der Waals surface area contributed by atoms with Crippen molar-refractivity contribution in [2.75, 3.05) is 11.9 Å². The molecule has 200 valence electrons. The van der Waals surface area contributed by atoms with Gasteiger partial charge in [-0.3, -0.25) is 13.7 Å². The zero-order chi connectivity index (χ0) is 26.9. The van der Waals surface area contributed by atoms with Crippen molar-refractivity contribution in [3.63, 3.8) is 0 Å². The monoisotopic (exact) mass is 541 g/mol. The number of aryl methyl sites for hydroxylation is 2. The van der Waals surface area contributed by atoms with Gasteiger partial charge in [0.05, 0.1) is 24.3 Å². The van der Waals surface area contributed by atoms with Gasteiger partial charge in [-0.25, -0.2) is 15.1 Å². The van der Waals surface area contributed by atoms with Crippen molar-refractivity contribution in [1.29, 1.82) is 0 Å². The summed E-state index contributed by atoms with van der Waals surface area (Å²) in [7, 11) is -4.19. The van der Waals surface area contributed by atoms with E-state index in [9.17, 15) is 23.4 Å². The summed E-state index contributed by atoms with van der Waals surface area (Å²) in [6.45, 7) is 0.181. The fraction of sp³-hybridized carbons (Fsp3) is 0.333. The Morgan fingerprint density at radius 1 is 1.24 bits per heavy atom. The van der Waals surface area contributed by atoms with Crippen molar-refractivity contribution in [3.05, 3.63) is 72.1 Å². The molecule has 38 heavy (non-hydrogen) atoms. The minimum Gasteiger partial charge on any atom is -0.390 e. The van der Waals surface area contributed by atoms with Crippen molar-refractivity contribution in [1.82, 2.24) is 24.7 Å². The predicted octanol–water partition coefficient (Wildman–Crippen LogP) is 0.370. The van der Waals surface area contributed by atoms with E-state index in [1.807, 2.05) is 24.4 Å². The van der Waals surface area contributed by atoms with Gasteiger partial charge in [0.2, 0.25) is 5.78 Å². The van der Waals surface area contributed by atoms with E-state index in [4.69, 9.17) is 5.14 Å². The highest BCUT2D eigenvalue weighted by Crippen LogP contribution is 2.30. The fourth-order valence-electron chi connectivity index (χ4n) is 4.72. The Kier molecular flexibility index (Phi) is 7.23. The average molecular weight is 542 g/mol. The molecule has 0 radical (unpaired) electrons. The molecule has 0 saturated heterocycles. The molecule has 5 rings (SSSR count). The van der Waals surface area contributed by atoms with Gasteiger partial charge in [-0.05, 0) is 30.5 Å². The number of carbonyl (C=O) groups is 1. The molecule has 3 aromatic heterocycles. The number of ketones is 1. The van der Waals surface area contributed by atoms with Crippen LogP contribution in [0.1, 0.15) is 28.0 Å². The van der Waals surface area contributed by atoms with E-state index in [2.05, 4.69) is 35.6 Å². The first-order valence-electron chi connectivity index (χ1n) is 11.9. The summed E-state index contributed by atoms with van der Waals surface area (Å²) in [5.41, 5.74) is 2.55. The number of aromatic amines is 1. The summed E-state index contributed by atoms with van der Waals surface area (Å²) in [5.74, 6) is -0.960. The van der Waals surface area contributed by atoms with Crippen LogP contribution in [-0.4, -0.2) is 74.0 Å². The van der Waals surface area contributed by atoms with Crippen molar-refractivity contribution in [3.8, 4) is 0 Å². The van der Waals surface area contributed by atoms with Crippen LogP contribution >= 0.6 is 0 Å². The molecule has 6 N–H and O–H groups in total. The third-order valence-electron chi connectivity index (χ3n) is 6.69. The summed E-state index contributed by atoms with van der Waals surface area (Å²) in [4.78, 5) is 24.6. The predicted molar refractivity (Wildman–Crippen MR) is 136 cm³/mol. The highest BCUT2D eigenvalue weighted by molar-refractivity contribution is 7.84. The number of nitrogens with one attached hydrogen (secondary N) is 2. The first-order valence-corrected chi connectivity index (χ1v) is 13.4. The zero-order valence-electron chi connectivity index (χ0n) is 20.1. The highest BCUT2D eigenvalue weighted by atomic mass is 32.2. The van der Waals surface area contributed by atoms with E-state index >= 15 is 0 Å². The number of nitrogens with two attached hydrogens (primary N) is 1. The molecule has 1 aromatic carbocycles. The van der Waals surface area contributed by atoms with Gasteiger partial charge < -0.3 is 20.5 Å². The van der Waals surface area contributed by atoms with Gasteiger partial charge in [-0.2, -0.15) is 13.5 Å². The standard InChI is InChI=1S/C24H27N7O6S/c25-38(35,36)37-12-15-9-20(23(34)21(15)32)29-24-17(11-26-13-28-24)22(33)19-6-8-31(30-19)7-5-14-10-27-18-4-2-1-3-16(14)18/h1-4,6,8,10-11,13,15,20-21,23,27,32,34H,5,7,9,12H2,(H2,25,35,36)(H,26,28,29)/t15-,20-,21-,23+/m1/s1. The second-order valence-corrected chi connectivity index (χ2v) is 10.4. The Balaban J connectivity index is 1.26. The van der Waals surface area contributed by atoms with Crippen LogP contribution in [-0.2, 0) is 27.5 Å². The summed E-state index contributed by atoms with van der Waals surface area (Å²) in [6, 6.07) is 8.92. The number of anilines is 1. The Bertz CT molecular complexity index is 1550. The number of H-pyrrole nitrogens is 1. The number of hydrogen-bond acceptors (Lipinski definition) is 10. The molecule has 13 nitrogen and oxygen atoms in total. The smallest absolute Gasteiger partial charge is 0.333 e. The number of carbonyl (C=O) groups excluding carboxylic acids is 1. The highest BCUT2D eigenvalue weighted by Gasteiger charge is 2.42. The Labute approximate surface area is 217 Å². The minimum atomic E-state index is -4.19. The summed E-state index contributed by atoms with van der Waals surface area (Å²) < 4.78 is 28.4. The topological polar surface area (TPSA) is 198 Å². The molecule has 0 spiro atoms. The maximum Gasteiger partial charge on any atom is 0.333 e. The maximum atomic E-state index is 13.3. The number of fused-ring (bicyclic) bond motifs is 1. The molecule has 0 aliphatic heterocycles. The van der Waals surface area contributed by atoms with Crippen LogP contribution in [0.25, 0.3) is 10.9 Å². The van der Waals surface area contributed by atoms with E-state index in [1.165, 1.54) is 12.5 Å². The molecule has 1 aliphatic rings. The van der Waals surface area contributed by atoms with Gasteiger partial charge in [-0.1, -0.05) is 18.2 Å². The van der Waals surface area contributed by atoms with Crippen molar-refractivity contribution >= 4 is 32.8 Å². The number of para-hydroxylation sites is 1. The molecule has 4 aromatic rings. The largest absolute Gasteiger partial charge is 0.390 e. The SMILES string of the molecule is NS(=O)(=O)OC[C@H]1C[C@@H](Nc2ncncc2C(=O)c2ccn(CCc3c[nH]c4ccccc34)n2)[C@H](O)[C@@H]1O. The summed E-state index contributed by atoms with van der Waals surface area (Å²) in [5, 5.41) is 34.2. The Hall–Kier alpha value is -3.69. The molecule has 0 bridgehead atoms. The maximum absolute atomic E-state index is 13.3. The second kappa shape index (κ2) is 10.6. The number of nitrogens with zero attached hydrogens (tertiary/aromatic N) is 4. The molecular weight excluding hydrogens is 514 g/mol. The Morgan fingerprint density at radius 3 is 2.87 bits per heavy atom. The van der Waals surface area contributed by atoms with E-state index in [-0.39, 0.29) is 30.1 Å². The van der Waals surface area contributed by atoms with E-state index < -0.39 is 40.3 Å². The van der Waals surface area contributed by atoms with Gasteiger partial charge in [0.1, 0.15) is 23.9 Å². The van der Waals surface area contributed by atoms with Crippen LogP contribution in [0.2, 0.25) is 0 Å². The van der Waals surface area contributed by atoms with Gasteiger partial charge in [0, 0.05) is 42.0 Å². The van der Waals surface area contributed by atoms with Gasteiger partial charge >= 0.3 is 10.3 Å². The van der Waals surface area contributed by atoms with Crippen LogP contribution in [0.5, 0.6) is 0 Å². The van der Waals surface area contributed by atoms with Crippen molar-refractivity contribution in [2.24, 2.45) is 11.1 Å². The number of aliphatic hydroxyl groups excluding tert-OH is 2. The number of aliphatic hydroxyl groups is 2. The molecule has 1 aliphatic carbocycles. The van der Waals surface area contributed by atoms with Crippen LogP contribution in [0.3, 0.4) is 0 Å². The second-order valence-electron chi connectivity index (χ2n) is 9.19. The van der Waals surface area contributed by atoms with Crippen LogP contribution < -0.4 is 10.5 Å². The summed E-state index contributed by atoms with van der Waals surface area (Å²) >= 11 is 0. The van der Waals surface area contributed by atoms with E-state index in [1.54, 1.807) is 16.9 Å². The number of hydrogen-bond donors (Lipinski definition) is 5. The van der Waals surface area contributed by atoms with Gasteiger partial charge in [-0.15, -0.1) is 0 Å². The quantitative estimate of drug-likeness (QED) is 0.175. The Morgan fingerprint density at radius 2 is 2.05 bits per heavy atom. The number of rotatable bonds is 10. The molecule has 1 saturated carbocycles. The first kappa shape index (κ1) is 25.9. The van der Waals surface area contributed by atoms with E-state index in [0.717, 1.165) is 22.9 Å². The van der Waals surface area contributed by atoms with Gasteiger partial charge in [0.15, 0.2) is 0 Å². The van der Waals surface area contributed by atoms with Crippen LogP contribution in [0, 0.1) is 5.92 Å². The first-order chi connectivity index (χ1) is 18.2. The lowest BCUT2D eigenvalue weighted by molar-refractivity contribution is 0.00778. The normalized spacial score (nSPS) is 21.7. The lowest BCUT2D eigenvalue weighted by Crippen LogP contribution is -2.36. The summed E-state index contributed by atoms with van der Waals surface area (Å²) in [6.07, 6.45) is 4.65. The van der Waals surface area contributed by atoms with Crippen LogP contribution in [0.4, 0.5) is 5.82 Å². The molecule has 14 heteroatoms. The molecule has 4 atom stereocenters. The zero-order valence-corrected chi connectivity index (χ0v) is 21.0. The number of aromatic nitrogens is 5. The molecular formula is C24H27N7O6S. The van der Waals surface area contributed by atoms with Crippen molar-refractivity contribution < 1.29 is 27.6 Å². The molecule has 0 amide bonds. The lowest BCUT2D eigenvalue weighted by atomic mass is 10.1. The average Bonchev–Trinajstić information content (AvgIpc) is 3.60. The third kappa shape index (κ3) is 5.58. The molecule has 1 fully saturated rings. The molecule has 3 heterocycles. The van der Waals surface area contributed by atoms with E-state index in [0.29, 0.717) is 6.54 Å². The minimum absolute atomic E-state index is 0.139. The fourth-order valence-corrected chi connectivity index (χ4v) is 5.08. The third-order valence-corrected chi connectivity index (χ3v) is 7.15. The van der Waals surface area contributed by atoms with Crippen LogP contribution in [0.15, 0.2) is 55.2 Å². The number of benzene rings is 1. The van der Waals surface area contributed by atoms with Crippen molar-refractivity contribution in [2.45, 2.75) is 37.6 Å². The molecule has 0 unspecified atom stereocenters. The van der Waals surface area contributed by atoms with Gasteiger partial charge in [0.25, 0.3) is 0 Å².